The number of pyridine rings is 2. The molecule has 1 aliphatic rings. The number of nitrogens with zero attached hydrogens (tertiary/aromatic N) is 5. The monoisotopic (exact) mass is 383 g/mol. The molecule has 4 heterocycles. The van der Waals surface area contributed by atoms with Crippen LogP contribution in [0.25, 0.3) is 33.2 Å². The molecule has 4 aromatic rings. The molecular weight excluding hydrogens is 362 g/mol. The van der Waals surface area contributed by atoms with Gasteiger partial charge in [-0.3, -0.25) is 19.4 Å². The molecule has 1 saturated heterocycles. The van der Waals surface area contributed by atoms with Crippen LogP contribution in [0.1, 0.15) is 23.2 Å². The number of hydrogen-bond donors (Lipinski definition) is 0. The molecule has 5 rings (SSSR count). The zero-order chi connectivity index (χ0) is 19.8. The maximum atomic E-state index is 12.8. The number of amides is 1. The van der Waals surface area contributed by atoms with E-state index in [1.54, 1.807) is 17.1 Å². The summed E-state index contributed by atoms with van der Waals surface area (Å²) < 4.78 is 1.79. The Kier molecular flexibility index (Phi) is 4.31. The molecule has 0 bridgehead atoms. The van der Waals surface area contributed by atoms with Crippen LogP contribution >= 0.6 is 0 Å². The van der Waals surface area contributed by atoms with Gasteiger partial charge in [-0.25, -0.2) is 0 Å². The highest BCUT2D eigenvalue weighted by molar-refractivity contribution is 6.01. The van der Waals surface area contributed by atoms with E-state index in [1.165, 1.54) is 0 Å². The number of likely N-dealkylation sites (tertiary alicyclic amines) is 1. The lowest BCUT2D eigenvalue weighted by Crippen LogP contribution is -2.27. The Balaban J connectivity index is 1.54. The summed E-state index contributed by atoms with van der Waals surface area (Å²) in [5, 5.41) is 5.18. The van der Waals surface area contributed by atoms with Gasteiger partial charge in [0.25, 0.3) is 5.91 Å². The highest BCUT2D eigenvalue weighted by Crippen LogP contribution is 2.30. The van der Waals surface area contributed by atoms with E-state index in [9.17, 15) is 4.79 Å². The fourth-order valence-corrected chi connectivity index (χ4v) is 3.91. The Morgan fingerprint density at radius 3 is 2.41 bits per heavy atom. The average molecular weight is 383 g/mol. The number of rotatable bonds is 3. The summed E-state index contributed by atoms with van der Waals surface area (Å²) in [6.07, 6.45) is 11.2. The molecule has 1 aliphatic heterocycles. The van der Waals surface area contributed by atoms with Crippen molar-refractivity contribution in [1.29, 1.82) is 0 Å². The van der Waals surface area contributed by atoms with Gasteiger partial charge < -0.3 is 4.90 Å². The summed E-state index contributed by atoms with van der Waals surface area (Å²) >= 11 is 0. The molecule has 144 valence electrons. The zero-order valence-electron chi connectivity index (χ0n) is 16.2. The Morgan fingerprint density at radius 2 is 1.69 bits per heavy atom. The van der Waals surface area contributed by atoms with Crippen LogP contribution in [-0.4, -0.2) is 43.6 Å². The number of hydrogen-bond acceptors (Lipinski definition) is 4. The van der Waals surface area contributed by atoms with Crippen LogP contribution in [0, 0.1) is 0 Å². The van der Waals surface area contributed by atoms with Crippen LogP contribution in [0.15, 0.2) is 61.3 Å². The molecule has 0 radical (unpaired) electrons. The first-order valence-corrected chi connectivity index (χ1v) is 9.81. The summed E-state index contributed by atoms with van der Waals surface area (Å²) in [5.74, 6) is 0.0617. The molecule has 0 N–H and O–H groups in total. The van der Waals surface area contributed by atoms with Crippen molar-refractivity contribution in [2.45, 2.75) is 12.8 Å². The Labute approximate surface area is 168 Å². The van der Waals surface area contributed by atoms with Gasteiger partial charge in [0.1, 0.15) is 0 Å². The molecule has 1 amide bonds. The predicted octanol–water partition coefficient (Wildman–Crippen LogP) is 3.93. The summed E-state index contributed by atoms with van der Waals surface area (Å²) in [6.45, 7) is 1.66. The number of aryl methyl sites for hydroxylation is 1. The number of carbonyl (C=O) groups excluding carboxylic acids is 1. The van der Waals surface area contributed by atoms with Gasteiger partial charge in [-0.15, -0.1) is 0 Å². The third-order valence-electron chi connectivity index (χ3n) is 5.48. The molecule has 0 atom stereocenters. The van der Waals surface area contributed by atoms with Crippen LogP contribution < -0.4 is 0 Å². The molecule has 1 fully saturated rings. The molecular formula is C23H21N5O. The molecule has 0 aliphatic carbocycles. The number of benzene rings is 1. The maximum absolute atomic E-state index is 12.8. The normalized spacial score (nSPS) is 13.9. The fourth-order valence-electron chi connectivity index (χ4n) is 3.91. The second-order valence-electron chi connectivity index (χ2n) is 7.46. The number of aromatic nitrogens is 4. The van der Waals surface area contributed by atoms with Crippen LogP contribution in [0.3, 0.4) is 0 Å². The van der Waals surface area contributed by atoms with Gasteiger partial charge in [0.05, 0.1) is 23.5 Å². The van der Waals surface area contributed by atoms with Crippen LogP contribution in [-0.2, 0) is 7.05 Å². The lowest BCUT2D eigenvalue weighted by molar-refractivity contribution is 0.0792. The molecule has 1 aromatic carbocycles. The maximum Gasteiger partial charge on any atom is 0.255 e. The van der Waals surface area contributed by atoms with Gasteiger partial charge in [0, 0.05) is 55.2 Å². The predicted molar refractivity (Wildman–Crippen MR) is 112 cm³/mol. The third kappa shape index (κ3) is 3.27. The summed E-state index contributed by atoms with van der Waals surface area (Å²) in [4.78, 5) is 23.6. The highest BCUT2D eigenvalue weighted by atomic mass is 16.2. The van der Waals surface area contributed by atoms with Crippen molar-refractivity contribution in [2.24, 2.45) is 7.05 Å². The van der Waals surface area contributed by atoms with Gasteiger partial charge in [-0.1, -0.05) is 24.3 Å². The van der Waals surface area contributed by atoms with E-state index < -0.39 is 0 Å². The average Bonchev–Trinajstić information content (AvgIpc) is 3.45. The van der Waals surface area contributed by atoms with Crippen molar-refractivity contribution in [1.82, 2.24) is 24.6 Å². The van der Waals surface area contributed by atoms with Gasteiger partial charge >= 0.3 is 0 Å². The lowest BCUT2D eigenvalue weighted by atomic mass is 9.99. The van der Waals surface area contributed by atoms with E-state index in [4.69, 9.17) is 0 Å². The first-order valence-electron chi connectivity index (χ1n) is 9.81. The Morgan fingerprint density at radius 1 is 0.931 bits per heavy atom. The second-order valence-corrected chi connectivity index (χ2v) is 7.46. The smallest absolute Gasteiger partial charge is 0.255 e. The van der Waals surface area contributed by atoms with E-state index in [0.717, 1.165) is 59.1 Å². The molecule has 0 saturated carbocycles. The SMILES string of the molecule is Cn1cc(-c2ccc(-c3cncc4ncc(C(=O)N5CCCC5)cc34)cc2)cn1. The molecule has 6 nitrogen and oxygen atoms in total. The second kappa shape index (κ2) is 7.13. The number of carbonyl (C=O) groups is 1. The largest absolute Gasteiger partial charge is 0.339 e. The first kappa shape index (κ1) is 17.6. The third-order valence-corrected chi connectivity index (χ3v) is 5.48. The van der Waals surface area contributed by atoms with E-state index >= 15 is 0 Å². The van der Waals surface area contributed by atoms with Crippen molar-refractivity contribution in [2.75, 3.05) is 13.1 Å². The summed E-state index contributed by atoms with van der Waals surface area (Å²) in [6, 6.07) is 10.3. The first-order chi connectivity index (χ1) is 14.2. The van der Waals surface area contributed by atoms with Crippen LogP contribution in [0.4, 0.5) is 0 Å². The topological polar surface area (TPSA) is 63.9 Å². The van der Waals surface area contributed by atoms with Crippen LogP contribution in [0.5, 0.6) is 0 Å². The van der Waals surface area contributed by atoms with Crippen molar-refractivity contribution >= 4 is 16.8 Å². The van der Waals surface area contributed by atoms with Gasteiger partial charge in [0.15, 0.2) is 0 Å². The molecule has 0 unspecified atom stereocenters. The van der Waals surface area contributed by atoms with E-state index in [1.807, 2.05) is 36.6 Å². The standard InChI is InChI=1S/C23H21N5O/c1-27-15-19(12-26-27)16-4-6-17(7-5-16)21-13-24-14-22-20(21)10-18(11-25-22)23(29)28-8-2-3-9-28/h4-7,10-15H,2-3,8-9H2,1H3. The van der Waals surface area contributed by atoms with E-state index in [-0.39, 0.29) is 5.91 Å². The molecule has 29 heavy (non-hydrogen) atoms. The van der Waals surface area contributed by atoms with E-state index in [0.29, 0.717) is 5.56 Å². The highest BCUT2D eigenvalue weighted by Gasteiger charge is 2.20. The van der Waals surface area contributed by atoms with Crippen molar-refractivity contribution < 1.29 is 4.79 Å². The minimum absolute atomic E-state index is 0.0617. The minimum atomic E-state index is 0.0617. The minimum Gasteiger partial charge on any atom is -0.339 e. The Hall–Kier alpha value is -3.54. The summed E-state index contributed by atoms with van der Waals surface area (Å²) in [7, 11) is 1.91. The molecule has 0 spiro atoms. The number of fused-ring (bicyclic) bond motifs is 1. The van der Waals surface area contributed by atoms with Crippen molar-refractivity contribution in [3.63, 3.8) is 0 Å². The summed E-state index contributed by atoms with van der Waals surface area (Å²) in [5.41, 5.74) is 5.64. The van der Waals surface area contributed by atoms with Gasteiger partial charge in [0.2, 0.25) is 0 Å². The van der Waals surface area contributed by atoms with Crippen LogP contribution in [0.2, 0.25) is 0 Å². The van der Waals surface area contributed by atoms with Crippen molar-refractivity contribution in [3.05, 3.63) is 66.9 Å². The zero-order valence-corrected chi connectivity index (χ0v) is 16.2. The lowest BCUT2D eigenvalue weighted by Gasteiger charge is -2.15. The van der Waals surface area contributed by atoms with E-state index in [2.05, 4.69) is 39.3 Å². The molecule has 6 heteroatoms. The fraction of sp³-hybridized carbons (Fsp3) is 0.217. The Bertz CT molecular complexity index is 1190. The quantitative estimate of drug-likeness (QED) is 0.538. The van der Waals surface area contributed by atoms with Crippen molar-refractivity contribution in [3.8, 4) is 22.3 Å². The van der Waals surface area contributed by atoms with Gasteiger partial charge in [-0.05, 0) is 30.0 Å². The molecule has 3 aromatic heterocycles. The van der Waals surface area contributed by atoms with Gasteiger partial charge in [-0.2, -0.15) is 5.10 Å².